The van der Waals surface area contributed by atoms with Crippen LogP contribution in [0, 0.1) is 13.8 Å². The minimum absolute atomic E-state index is 0.129. The highest BCUT2D eigenvalue weighted by atomic mass is 15.2. The molecule has 0 aliphatic carbocycles. The largest absolute Gasteiger partial charge is 0.287 e. The zero-order valence-corrected chi connectivity index (χ0v) is 12.2. The molecule has 0 aliphatic heterocycles. The van der Waals surface area contributed by atoms with Crippen LogP contribution in [0.25, 0.3) is 5.82 Å². The van der Waals surface area contributed by atoms with Crippen molar-refractivity contribution in [3.8, 4) is 5.82 Å². The quantitative estimate of drug-likeness (QED) is 0.707. The summed E-state index contributed by atoms with van der Waals surface area (Å²) < 4.78 is 4.38. The number of pyridine rings is 1. The molecule has 3 nitrogen and oxygen atoms in total. The molecule has 0 N–H and O–H groups in total. The Morgan fingerprint density at radius 1 is 1.17 bits per heavy atom. The SMILES string of the molecule is Cc1cc(-n2cncc2C)[n+](C)c(C(C)(C)C)c1. The third kappa shape index (κ3) is 2.17. The summed E-state index contributed by atoms with van der Waals surface area (Å²) in [5.41, 5.74) is 3.88. The van der Waals surface area contributed by atoms with Gasteiger partial charge in [0.1, 0.15) is 11.4 Å². The van der Waals surface area contributed by atoms with Crippen LogP contribution in [0.2, 0.25) is 0 Å². The second kappa shape index (κ2) is 4.23. The fraction of sp³-hybridized carbons (Fsp3) is 0.467. The van der Waals surface area contributed by atoms with Gasteiger partial charge in [0.05, 0.1) is 13.2 Å². The molecular weight excluding hydrogens is 222 g/mol. The van der Waals surface area contributed by atoms with Crippen LogP contribution in [-0.2, 0) is 12.5 Å². The number of hydrogen-bond donors (Lipinski definition) is 0. The van der Waals surface area contributed by atoms with Crippen molar-refractivity contribution in [1.82, 2.24) is 9.55 Å². The predicted octanol–water partition coefficient (Wildman–Crippen LogP) is 2.61. The van der Waals surface area contributed by atoms with Gasteiger partial charge < -0.3 is 0 Å². The summed E-state index contributed by atoms with van der Waals surface area (Å²) in [6, 6.07) is 4.46. The third-order valence-corrected chi connectivity index (χ3v) is 3.26. The molecule has 0 radical (unpaired) electrons. The maximum absolute atomic E-state index is 4.21. The van der Waals surface area contributed by atoms with Crippen molar-refractivity contribution in [2.75, 3.05) is 0 Å². The highest BCUT2D eigenvalue weighted by molar-refractivity contribution is 5.28. The molecule has 0 spiro atoms. The van der Waals surface area contributed by atoms with Gasteiger partial charge in [0.2, 0.25) is 0 Å². The summed E-state index contributed by atoms with van der Waals surface area (Å²) in [6.45, 7) is 10.9. The molecule has 0 fully saturated rings. The Labute approximate surface area is 109 Å². The lowest BCUT2D eigenvalue weighted by Crippen LogP contribution is -2.43. The van der Waals surface area contributed by atoms with Gasteiger partial charge in [0.25, 0.3) is 5.82 Å². The highest BCUT2D eigenvalue weighted by Gasteiger charge is 2.24. The number of aryl methyl sites for hydroxylation is 2. The fourth-order valence-corrected chi connectivity index (χ4v) is 2.33. The summed E-state index contributed by atoms with van der Waals surface area (Å²) in [6.07, 6.45) is 3.76. The maximum atomic E-state index is 4.21. The molecule has 0 unspecified atom stereocenters. The molecule has 0 atom stereocenters. The Balaban J connectivity index is 2.70. The van der Waals surface area contributed by atoms with Crippen molar-refractivity contribution in [1.29, 1.82) is 0 Å². The van der Waals surface area contributed by atoms with Crippen molar-refractivity contribution < 1.29 is 4.57 Å². The normalized spacial score (nSPS) is 11.9. The Morgan fingerprint density at radius 3 is 2.33 bits per heavy atom. The van der Waals surface area contributed by atoms with E-state index >= 15 is 0 Å². The van der Waals surface area contributed by atoms with Crippen LogP contribution < -0.4 is 4.57 Å². The molecule has 0 aliphatic rings. The van der Waals surface area contributed by atoms with E-state index in [4.69, 9.17) is 0 Å². The molecule has 3 heteroatoms. The first-order chi connectivity index (χ1) is 8.30. The highest BCUT2D eigenvalue weighted by Crippen LogP contribution is 2.21. The molecule has 18 heavy (non-hydrogen) atoms. The van der Waals surface area contributed by atoms with Crippen LogP contribution in [0.5, 0.6) is 0 Å². The maximum Gasteiger partial charge on any atom is 0.287 e. The molecule has 0 bridgehead atoms. The van der Waals surface area contributed by atoms with Crippen LogP contribution in [0.3, 0.4) is 0 Å². The van der Waals surface area contributed by atoms with Crippen molar-refractivity contribution in [3.05, 3.63) is 41.6 Å². The van der Waals surface area contributed by atoms with Crippen LogP contribution in [-0.4, -0.2) is 9.55 Å². The van der Waals surface area contributed by atoms with Gasteiger partial charge >= 0.3 is 0 Å². The summed E-state index contributed by atoms with van der Waals surface area (Å²) in [5.74, 6) is 1.16. The molecule has 2 heterocycles. The summed E-state index contributed by atoms with van der Waals surface area (Å²) >= 11 is 0. The minimum atomic E-state index is 0.129. The Kier molecular flexibility index (Phi) is 3.01. The van der Waals surface area contributed by atoms with E-state index in [1.807, 2.05) is 12.5 Å². The summed E-state index contributed by atoms with van der Waals surface area (Å²) in [4.78, 5) is 4.21. The van der Waals surface area contributed by atoms with Gasteiger partial charge in [0.15, 0.2) is 6.33 Å². The smallest absolute Gasteiger partial charge is 0.233 e. The van der Waals surface area contributed by atoms with E-state index in [1.165, 1.54) is 11.3 Å². The number of imidazole rings is 1. The molecule has 2 aromatic rings. The van der Waals surface area contributed by atoms with Crippen molar-refractivity contribution in [2.45, 2.75) is 40.0 Å². The first kappa shape index (κ1) is 12.8. The van der Waals surface area contributed by atoms with E-state index in [0.717, 1.165) is 11.5 Å². The van der Waals surface area contributed by atoms with Crippen molar-refractivity contribution in [3.63, 3.8) is 0 Å². The molecule has 0 amide bonds. The number of hydrogen-bond acceptors (Lipinski definition) is 1. The summed E-state index contributed by atoms with van der Waals surface area (Å²) in [7, 11) is 2.12. The number of nitrogens with zero attached hydrogens (tertiary/aromatic N) is 3. The van der Waals surface area contributed by atoms with Gasteiger partial charge in [-0.1, -0.05) is 20.8 Å². The molecule has 0 saturated carbocycles. The van der Waals surface area contributed by atoms with Gasteiger partial charge in [0, 0.05) is 11.5 Å². The van der Waals surface area contributed by atoms with E-state index < -0.39 is 0 Å². The fourth-order valence-electron chi connectivity index (χ4n) is 2.33. The third-order valence-electron chi connectivity index (χ3n) is 3.26. The first-order valence-corrected chi connectivity index (χ1v) is 6.31. The van der Waals surface area contributed by atoms with E-state index in [0.29, 0.717) is 0 Å². The average Bonchev–Trinajstić information content (AvgIpc) is 2.66. The topological polar surface area (TPSA) is 21.7 Å². The molecular formula is C15H22N3+. The van der Waals surface area contributed by atoms with Gasteiger partial charge in [-0.15, -0.1) is 0 Å². The van der Waals surface area contributed by atoms with Crippen LogP contribution >= 0.6 is 0 Å². The zero-order chi connectivity index (χ0) is 13.5. The molecule has 0 saturated heterocycles. The molecule has 2 aromatic heterocycles. The van der Waals surface area contributed by atoms with E-state index in [9.17, 15) is 0 Å². The van der Waals surface area contributed by atoms with E-state index in [1.54, 1.807) is 0 Å². The van der Waals surface area contributed by atoms with E-state index in [-0.39, 0.29) is 5.41 Å². The molecule has 96 valence electrons. The predicted molar refractivity (Wildman–Crippen MR) is 72.9 cm³/mol. The lowest BCUT2D eigenvalue weighted by molar-refractivity contribution is -0.676. The summed E-state index contributed by atoms with van der Waals surface area (Å²) in [5, 5.41) is 0. The lowest BCUT2D eigenvalue weighted by atomic mass is 9.90. The Morgan fingerprint density at radius 2 is 1.83 bits per heavy atom. The number of rotatable bonds is 1. The van der Waals surface area contributed by atoms with Crippen molar-refractivity contribution in [2.24, 2.45) is 7.05 Å². The van der Waals surface area contributed by atoms with Crippen LogP contribution in [0.15, 0.2) is 24.7 Å². The van der Waals surface area contributed by atoms with Crippen LogP contribution in [0.1, 0.15) is 37.7 Å². The average molecular weight is 244 g/mol. The first-order valence-electron chi connectivity index (χ1n) is 6.31. The second-order valence-electron chi connectivity index (χ2n) is 5.99. The van der Waals surface area contributed by atoms with E-state index in [2.05, 4.69) is 67.9 Å². The molecule has 2 rings (SSSR count). The lowest BCUT2D eigenvalue weighted by Gasteiger charge is -2.20. The monoisotopic (exact) mass is 244 g/mol. The second-order valence-corrected chi connectivity index (χ2v) is 5.99. The number of aromatic nitrogens is 3. The van der Waals surface area contributed by atoms with Gasteiger partial charge in [-0.3, -0.25) is 0 Å². The molecule has 0 aromatic carbocycles. The van der Waals surface area contributed by atoms with Gasteiger partial charge in [-0.2, -0.15) is 4.57 Å². The van der Waals surface area contributed by atoms with Gasteiger partial charge in [-0.25, -0.2) is 9.55 Å². The van der Waals surface area contributed by atoms with Gasteiger partial charge in [-0.05, 0) is 25.5 Å². The standard InChI is InChI=1S/C15H22N3/c1-11-7-13(15(3,4)5)17(6)14(8-11)18-10-16-9-12(18)2/h7-10H,1-6H3/q+1. The minimum Gasteiger partial charge on any atom is -0.233 e. The Bertz CT molecular complexity index is 574. The zero-order valence-electron chi connectivity index (χ0n) is 12.2. The van der Waals surface area contributed by atoms with Crippen LogP contribution in [0.4, 0.5) is 0 Å². The Hall–Kier alpha value is -1.64. The van der Waals surface area contributed by atoms with Crippen molar-refractivity contribution >= 4 is 0 Å².